The first-order valence-electron chi connectivity index (χ1n) is 17.7. The summed E-state index contributed by atoms with van der Waals surface area (Å²) >= 11 is -1.01. The molecule has 0 aliphatic heterocycles. The molecule has 0 heterocycles. The molecule has 4 nitrogen and oxygen atoms in total. The van der Waals surface area contributed by atoms with Crippen LogP contribution in [0.4, 0.5) is 0 Å². The maximum atomic E-state index is 11.9. The Kier molecular flexibility index (Phi) is 34.3. The number of rotatable bonds is 32. The fourth-order valence-electron chi connectivity index (χ4n) is 4.93. The molecule has 0 saturated carbocycles. The predicted octanol–water partition coefficient (Wildman–Crippen LogP) is 11.7. The van der Waals surface area contributed by atoms with Gasteiger partial charge in [-0.2, -0.15) is 0 Å². The van der Waals surface area contributed by atoms with Gasteiger partial charge in [-0.3, -0.25) is 9.59 Å². The van der Waals surface area contributed by atoms with Gasteiger partial charge in [0.15, 0.2) is 0 Å². The molecule has 41 heavy (non-hydrogen) atoms. The standard InChI is InChI=1S/2C18H34O2.Al/c2*1-2-3-4-5-6-7-8-9-10-11-12-13-14-15-16-17-18(19)20;/h2*9-10H,2-8,11-17H2,1H3,(H,19,20);/q;;+2/p-2/b2*10-9+;. The Balaban J connectivity index is 3.35. The molecule has 0 spiro atoms. The van der Waals surface area contributed by atoms with Crippen molar-refractivity contribution in [3.8, 4) is 0 Å². The second-order valence-electron chi connectivity index (χ2n) is 11.7. The van der Waals surface area contributed by atoms with Gasteiger partial charge in [-0.15, -0.1) is 0 Å². The zero-order valence-electron chi connectivity index (χ0n) is 27.3. The fourth-order valence-corrected chi connectivity index (χ4v) is 5.43. The average molecular weight is 590 g/mol. The van der Waals surface area contributed by atoms with E-state index in [2.05, 4.69) is 38.2 Å². The third kappa shape index (κ3) is 35.1. The molecule has 0 rings (SSSR count). The van der Waals surface area contributed by atoms with Crippen LogP contribution >= 0.6 is 0 Å². The number of hydrogen-bond acceptors (Lipinski definition) is 4. The Hall–Kier alpha value is -1.05. The molecular weight excluding hydrogens is 523 g/mol. The van der Waals surface area contributed by atoms with E-state index in [9.17, 15) is 9.59 Å². The van der Waals surface area contributed by atoms with Gasteiger partial charge < -0.3 is 7.58 Å². The summed E-state index contributed by atoms with van der Waals surface area (Å²) in [4.78, 5) is 23.7. The normalized spacial score (nSPS) is 11.5. The molecule has 0 bridgehead atoms. The summed E-state index contributed by atoms with van der Waals surface area (Å²) in [6.45, 7) is 4.53. The van der Waals surface area contributed by atoms with Crippen molar-refractivity contribution in [1.82, 2.24) is 0 Å². The Labute approximate surface area is 262 Å². The minimum absolute atomic E-state index is 0.230. The van der Waals surface area contributed by atoms with Crippen molar-refractivity contribution < 1.29 is 17.2 Å². The van der Waals surface area contributed by atoms with E-state index in [4.69, 9.17) is 7.58 Å². The van der Waals surface area contributed by atoms with E-state index < -0.39 is 15.9 Å². The van der Waals surface area contributed by atoms with Gasteiger partial charge in [-0.25, -0.2) is 0 Å². The van der Waals surface area contributed by atoms with Gasteiger partial charge in [0, 0.05) is 12.8 Å². The first-order valence-corrected chi connectivity index (χ1v) is 18.7. The van der Waals surface area contributed by atoms with E-state index in [0.717, 1.165) is 38.5 Å². The monoisotopic (exact) mass is 589 g/mol. The Morgan fingerprint density at radius 3 is 1.00 bits per heavy atom. The molecule has 0 aliphatic carbocycles. The molecular formula is C36H66AlO4. The zero-order valence-corrected chi connectivity index (χ0v) is 28.5. The van der Waals surface area contributed by atoms with Gasteiger partial charge in [-0.05, 0) is 64.2 Å². The van der Waals surface area contributed by atoms with E-state index in [1.807, 2.05) is 0 Å². The van der Waals surface area contributed by atoms with Crippen molar-refractivity contribution in [1.29, 1.82) is 0 Å². The SMILES string of the molecule is CCCCCCCC/C=C/CCCCCCCC(=O)[O][Al][O]C(=O)CCCCCCC/C=C/CCCCCCCC. The highest BCUT2D eigenvalue weighted by molar-refractivity contribution is 6.25. The number of allylic oxidation sites excluding steroid dienone is 4. The first kappa shape index (κ1) is 40.0. The fraction of sp³-hybridized carbons (Fsp3) is 0.833. The van der Waals surface area contributed by atoms with E-state index in [0.29, 0.717) is 12.8 Å². The van der Waals surface area contributed by atoms with Crippen molar-refractivity contribution in [2.75, 3.05) is 0 Å². The van der Waals surface area contributed by atoms with Gasteiger partial charge in [0.05, 0.1) is 0 Å². The molecule has 0 N–H and O–H groups in total. The van der Waals surface area contributed by atoms with E-state index in [1.54, 1.807) is 0 Å². The molecule has 0 atom stereocenters. The quantitative estimate of drug-likeness (QED) is 0.0445. The van der Waals surface area contributed by atoms with Crippen molar-refractivity contribution in [2.45, 2.75) is 194 Å². The van der Waals surface area contributed by atoms with E-state index >= 15 is 0 Å². The molecule has 0 amide bonds. The van der Waals surface area contributed by atoms with Gasteiger partial charge >= 0.3 is 15.9 Å². The molecule has 0 fully saturated rings. The summed E-state index contributed by atoms with van der Waals surface area (Å²) in [6, 6.07) is 0. The van der Waals surface area contributed by atoms with Gasteiger partial charge in [0.1, 0.15) is 0 Å². The van der Waals surface area contributed by atoms with Crippen molar-refractivity contribution in [2.24, 2.45) is 0 Å². The highest BCUT2D eigenvalue weighted by Crippen LogP contribution is 2.12. The van der Waals surface area contributed by atoms with Crippen LogP contribution in [-0.4, -0.2) is 27.8 Å². The lowest BCUT2D eigenvalue weighted by Crippen LogP contribution is -2.15. The molecule has 0 aromatic heterocycles. The Morgan fingerprint density at radius 1 is 0.415 bits per heavy atom. The summed E-state index contributed by atoms with van der Waals surface area (Å²) in [5, 5.41) is 0. The topological polar surface area (TPSA) is 52.6 Å². The van der Waals surface area contributed by atoms with Crippen LogP contribution in [0.25, 0.3) is 0 Å². The molecule has 0 saturated heterocycles. The van der Waals surface area contributed by atoms with Crippen molar-refractivity contribution >= 4 is 27.8 Å². The highest BCUT2D eigenvalue weighted by Gasteiger charge is 2.13. The first-order chi connectivity index (χ1) is 20.2. The average Bonchev–Trinajstić information content (AvgIpc) is 2.97. The van der Waals surface area contributed by atoms with Crippen LogP contribution in [0.5, 0.6) is 0 Å². The van der Waals surface area contributed by atoms with Crippen LogP contribution in [0.2, 0.25) is 0 Å². The lowest BCUT2D eigenvalue weighted by atomic mass is 10.1. The maximum absolute atomic E-state index is 11.9. The summed E-state index contributed by atoms with van der Waals surface area (Å²) in [5.41, 5.74) is 0. The molecule has 237 valence electrons. The van der Waals surface area contributed by atoms with E-state index in [1.165, 1.54) is 128 Å². The molecule has 5 heteroatoms. The molecule has 0 aromatic carbocycles. The number of carbonyl (C=O) groups is 2. The van der Waals surface area contributed by atoms with Crippen molar-refractivity contribution in [3.05, 3.63) is 24.3 Å². The molecule has 0 unspecified atom stereocenters. The van der Waals surface area contributed by atoms with Gasteiger partial charge in [-0.1, -0.05) is 141 Å². The van der Waals surface area contributed by atoms with Gasteiger partial charge in [0.2, 0.25) is 0 Å². The summed E-state index contributed by atoms with van der Waals surface area (Å²) in [7, 11) is 0. The van der Waals surface area contributed by atoms with Gasteiger partial charge in [0.25, 0.3) is 11.9 Å². The van der Waals surface area contributed by atoms with Crippen LogP contribution < -0.4 is 0 Å². The summed E-state index contributed by atoms with van der Waals surface area (Å²) < 4.78 is 10.3. The Morgan fingerprint density at radius 2 is 0.683 bits per heavy atom. The predicted molar refractivity (Wildman–Crippen MR) is 177 cm³/mol. The number of carbonyl (C=O) groups excluding carboxylic acids is 2. The lowest BCUT2D eigenvalue weighted by Gasteiger charge is -2.06. The summed E-state index contributed by atoms with van der Waals surface area (Å²) in [5.74, 6) is -0.460. The second-order valence-corrected chi connectivity index (χ2v) is 12.4. The zero-order chi connectivity index (χ0) is 29.9. The summed E-state index contributed by atoms with van der Waals surface area (Å²) in [6.07, 6.45) is 42.4. The van der Waals surface area contributed by atoms with Crippen LogP contribution in [0, 0.1) is 0 Å². The molecule has 0 aliphatic rings. The number of unbranched alkanes of at least 4 members (excludes halogenated alkanes) is 22. The lowest BCUT2D eigenvalue weighted by molar-refractivity contribution is -0.139. The van der Waals surface area contributed by atoms with Crippen LogP contribution in [0.1, 0.15) is 194 Å². The third-order valence-electron chi connectivity index (χ3n) is 7.64. The van der Waals surface area contributed by atoms with Crippen LogP contribution in [-0.2, 0) is 17.2 Å². The highest BCUT2D eigenvalue weighted by atomic mass is 27.2. The van der Waals surface area contributed by atoms with E-state index in [-0.39, 0.29) is 11.9 Å². The number of hydrogen-bond donors (Lipinski definition) is 0. The molecule has 0 aromatic rings. The third-order valence-corrected chi connectivity index (χ3v) is 8.36. The molecule has 1 radical (unpaired) electrons. The smallest absolute Gasteiger partial charge is 0.589 e. The van der Waals surface area contributed by atoms with Crippen LogP contribution in [0.15, 0.2) is 24.3 Å². The Bertz CT molecular complexity index is 565. The maximum Gasteiger partial charge on any atom is 0.885 e. The second kappa shape index (κ2) is 35.2. The minimum Gasteiger partial charge on any atom is -0.589 e. The minimum atomic E-state index is -1.01. The van der Waals surface area contributed by atoms with Crippen LogP contribution in [0.3, 0.4) is 0 Å². The largest absolute Gasteiger partial charge is 0.885 e. The van der Waals surface area contributed by atoms with Crippen molar-refractivity contribution in [3.63, 3.8) is 0 Å².